The second kappa shape index (κ2) is 18.2. The number of rotatable bonds is 12. The van der Waals surface area contributed by atoms with Crippen molar-refractivity contribution < 1.29 is 37.4 Å². The van der Waals surface area contributed by atoms with Gasteiger partial charge in [-0.15, -0.1) is 0 Å². The molecule has 2 aromatic carbocycles. The van der Waals surface area contributed by atoms with Crippen LogP contribution in [0.4, 0.5) is 31.9 Å². The lowest BCUT2D eigenvalue weighted by Crippen LogP contribution is -2.56. The summed E-state index contributed by atoms with van der Waals surface area (Å²) in [6, 6.07) is 7.55. The zero-order chi connectivity index (χ0) is 45.7. The van der Waals surface area contributed by atoms with E-state index in [0.29, 0.717) is 79.0 Å². The Morgan fingerprint density at radius 3 is 2.43 bits per heavy atom. The Labute approximate surface area is 378 Å². The standard InChI is InChI=1S/C45H51ClF2N10O7/c1-24(2)58-33-5-4-26(16-25(33)17-36(43(58)62)64-23-38(60)49-3)51-41-31(46)21-50-45(53-41)56-10-8-28(9-11-56)65-29-18-27(19-29)54-12-14-55(15-13-54)35-20-32(47)40(48)30-22-57(44(63)39(30)35)34-6-7-37(59)52-42(34)61/h4-5,16-17,20-21,24,27-29,34H,6-15,18-19,22-23H2,1-3H3,(H,49,60)(H,50,51,53)(H,52,59,61)/t27?,29?,34-/m1/s1. The second-order valence-electron chi connectivity index (χ2n) is 17.5. The van der Waals surface area contributed by atoms with Gasteiger partial charge in [-0.3, -0.25) is 34.2 Å². The van der Waals surface area contributed by atoms with Crippen LogP contribution in [-0.2, 0) is 25.7 Å². The first-order chi connectivity index (χ1) is 31.3. The molecule has 0 spiro atoms. The van der Waals surface area contributed by atoms with Crippen LogP contribution in [0.5, 0.6) is 5.75 Å². The lowest BCUT2D eigenvalue weighted by Gasteiger charge is -2.48. The zero-order valence-electron chi connectivity index (χ0n) is 36.4. The van der Waals surface area contributed by atoms with E-state index in [1.165, 1.54) is 11.9 Å². The summed E-state index contributed by atoms with van der Waals surface area (Å²) >= 11 is 6.59. The number of nitrogens with zero attached hydrogens (tertiary/aromatic N) is 7. The van der Waals surface area contributed by atoms with E-state index in [9.17, 15) is 28.4 Å². The number of halogens is 3. The fourth-order valence-corrected chi connectivity index (χ4v) is 9.76. The van der Waals surface area contributed by atoms with Crippen LogP contribution in [0.25, 0.3) is 10.9 Å². The summed E-state index contributed by atoms with van der Waals surface area (Å²) in [7, 11) is 1.50. The van der Waals surface area contributed by atoms with Crippen LogP contribution in [0.1, 0.15) is 74.3 Å². The van der Waals surface area contributed by atoms with E-state index in [2.05, 4.69) is 30.7 Å². The quantitative estimate of drug-likeness (QED) is 0.172. The number of piperazine rings is 1. The molecule has 2 aromatic heterocycles. The van der Waals surface area contributed by atoms with Crippen LogP contribution in [0.3, 0.4) is 0 Å². The molecule has 9 rings (SSSR count). The van der Waals surface area contributed by atoms with Crippen molar-refractivity contribution in [3.8, 4) is 5.75 Å². The molecule has 5 aliphatic rings. The Bertz CT molecular complexity index is 2610. The highest BCUT2D eigenvalue weighted by atomic mass is 35.5. The predicted molar refractivity (Wildman–Crippen MR) is 238 cm³/mol. The molecule has 4 amide bonds. The molecule has 65 heavy (non-hydrogen) atoms. The van der Waals surface area contributed by atoms with Crippen molar-refractivity contribution in [2.45, 2.75) is 89.3 Å². The highest BCUT2D eigenvalue weighted by molar-refractivity contribution is 6.33. The van der Waals surface area contributed by atoms with E-state index < -0.39 is 35.4 Å². The third kappa shape index (κ3) is 8.80. The van der Waals surface area contributed by atoms with Gasteiger partial charge in [0.05, 0.1) is 41.7 Å². The highest BCUT2D eigenvalue weighted by Crippen LogP contribution is 2.39. The molecule has 17 nitrogen and oxygen atoms in total. The molecular weight excluding hydrogens is 866 g/mol. The van der Waals surface area contributed by atoms with Gasteiger partial charge in [0.15, 0.2) is 29.8 Å². The minimum atomic E-state index is -1.08. The summed E-state index contributed by atoms with van der Waals surface area (Å²) in [6.07, 6.45) is 5.41. The number of carbonyl (C=O) groups is 4. The van der Waals surface area contributed by atoms with Gasteiger partial charge >= 0.3 is 0 Å². The van der Waals surface area contributed by atoms with Crippen LogP contribution in [0.2, 0.25) is 5.02 Å². The molecule has 1 saturated carbocycles. The molecule has 0 unspecified atom stereocenters. The molecule has 0 bridgehead atoms. The van der Waals surface area contributed by atoms with E-state index in [-0.39, 0.29) is 72.6 Å². The number of hydrogen-bond donors (Lipinski definition) is 3. The Hall–Kier alpha value is -5.92. The summed E-state index contributed by atoms with van der Waals surface area (Å²) in [5.41, 5.74) is 1.46. The van der Waals surface area contributed by atoms with Gasteiger partial charge in [-0.1, -0.05) is 11.6 Å². The zero-order valence-corrected chi connectivity index (χ0v) is 37.1. The normalized spacial score (nSPS) is 21.7. The Balaban J connectivity index is 0.763. The second-order valence-corrected chi connectivity index (χ2v) is 17.9. The number of carbonyl (C=O) groups excluding carboxylic acids is 4. The van der Waals surface area contributed by atoms with Gasteiger partial charge < -0.3 is 39.4 Å². The summed E-state index contributed by atoms with van der Waals surface area (Å²) in [6.45, 7) is 7.12. The van der Waals surface area contributed by atoms with Gasteiger partial charge in [0.25, 0.3) is 17.4 Å². The number of ether oxygens (including phenoxy) is 2. The average Bonchev–Trinajstić information content (AvgIpc) is 3.62. The van der Waals surface area contributed by atoms with Crippen molar-refractivity contribution >= 4 is 69.3 Å². The number of benzene rings is 2. The molecule has 3 N–H and O–H groups in total. The van der Waals surface area contributed by atoms with Gasteiger partial charge in [-0.2, -0.15) is 4.98 Å². The monoisotopic (exact) mass is 916 g/mol. The molecule has 1 atom stereocenters. The van der Waals surface area contributed by atoms with Crippen molar-refractivity contribution in [2.75, 3.05) is 68.0 Å². The van der Waals surface area contributed by atoms with Crippen LogP contribution in [0, 0.1) is 11.6 Å². The summed E-state index contributed by atoms with van der Waals surface area (Å²) < 4.78 is 43.8. The number of fused-ring (bicyclic) bond motifs is 2. The van der Waals surface area contributed by atoms with Crippen LogP contribution < -0.4 is 36.0 Å². The molecule has 6 heterocycles. The van der Waals surface area contributed by atoms with Crippen molar-refractivity contribution in [1.82, 2.24) is 35.0 Å². The first kappa shape index (κ1) is 44.3. The number of amides is 4. The number of nitrogens with one attached hydrogen (secondary N) is 3. The minimum absolute atomic E-state index is 0.0493. The summed E-state index contributed by atoms with van der Waals surface area (Å²) in [5, 5.41) is 9.13. The fraction of sp³-hybridized carbons (Fsp3) is 0.489. The predicted octanol–water partition coefficient (Wildman–Crippen LogP) is 4.27. The van der Waals surface area contributed by atoms with Crippen molar-refractivity contribution in [3.63, 3.8) is 0 Å². The average molecular weight is 917 g/mol. The van der Waals surface area contributed by atoms with E-state index in [0.717, 1.165) is 37.1 Å². The van der Waals surface area contributed by atoms with Gasteiger partial charge in [0, 0.05) is 87.5 Å². The highest BCUT2D eigenvalue weighted by Gasteiger charge is 2.44. The van der Waals surface area contributed by atoms with Gasteiger partial charge in [-0.05, 0) is 70.2 Å². The summed E-state index contributed by atoms with van der Waals surface area (Å²) in [4.78, 5) is 80.0. The van der Waals surface area contributed by atoms with Gasteiger partial charge in [-0.25, -0.2) is 13.8 Å². The fourth-order valence-electron chi connectivity index (χ4n) is 9.62. The molecule has 1 aliphatic carbocycles. The Kier molecular flexibility index (Phi) is 12.4. The maximum absolute atomic E-state index is 15.1. The smallest absolute Gasteiger partial charge is 0.293 e. The lowest BCUT2D eigenvalue weighted by molar-refractivity contribution is -0.137. The number of hydrogen-bond acceptors (Lipinski definition) is 13. The third-order valence-corrected chi connectivity index (χ3v) is 13.5. The number of likely N-dealkylation sites (N-methyl/N-ethyl adjacent to an activating group) is 1. The Morgan fingerprint density at radius 2 is 1.72 bits per heavy atom. The molecule has 0 radical (unpaired) electrons. The van der Waals surface area contributed by atoms with Crippen LogP contribution in [0.15, 0.2) is 41.3 Å². The third-order valence-electron chi connectivity index (χ3n) is 13.2. The topological polar surface area (TPSA) is 184 Å². The molecule has 4 fully saturated rings. The molecular formula is C45H51ClF2N10O7. The molecule has 20 heteroatoms. The van der Waals surface area contributed by atoms with E-state index in [1.54, 1.807) is 16.8 Å². The summed E-state index contributed by atoms with van der Waals surface area (Å²) in [5.74, 6) is -2.96. The molecule has 4 aromatic rings. The number of anilines is 4. The minimum Gasteiger partial charge on any atom is -0.478 e. The molecule has 3 saturated heterocycles. The number of piperidine rings is 2. The maximum atomic E-state index is 15.1. The van der Waals surface area contributed by atoms with E-state index >= 15 is 4.39 Å². The van der Waals surface area contributed by atoms with Crippen molar-refractivity contribution in [1.29, 1.82) is 0 Å². The maximum Gasteiger partial charge on any atom is 0.293 e. The molecule has 344 valence electrons. The van der Waals surface area contributed by atoms with Gasteiger partial charge in [0.1, 0.15) is 11.1 Å². The van der Waals surface area contributed by atoms with Crippen molar-refractivity contribution in [3.05, 3.63) is 74.7 Å². The van der Waals surface area contributed by atoms with Crippen molar-refractivity contribution in [2.24, 2.45) is 0 Å². The first-order valence-corrected chi connectivity index (χ1v) is 22.5. The lowest BCUT2D eigenvalue weighted by atomic mass is 9.87. The number of aromatic nitrogens is 3. The number of imide groups is 1. The Morgan fingerprint density at radius 1 is 0.969 bits per heavy atom. The van der Waals surface area contributed by atoms with E-state index in [1.807, 2.05) is 36.9 Å². The van der Waals surface area contributed by atoms with Gasteiger partial charge in [0.2, 0.25) is 17.8 Å². The SMILES string of the molecule is CNC(=O)COc1cc2cc(Nc3nc(N4CCC(OC5CC(N6CCN(c7cc(F)c(F)c8c7C(=O)N([C@@H]7CCC(=O)NC7=O)C8)CC6)C5)CC4)ncc3Cl)ccc2n(C(C)C)c1=O. The molecule has 4 aliphatic heterocycles. The largest absolute Gasteiger partial charge is 0.478 e. The van der Waals surface area contributed by atoms with Crippen LogP contribution >= 0.6 is 11.6 Å². The first-order valence-electron chi connectivity index (χ1n) is 22.1. The number of pyridine rings is 1. The van der Waals surface area contributed by atoms with Crippen LogP contribution in [-0.4, -0.2) is 125 Å². The van der Waals surface area contributed by atoms with E-state index in [4.69, 9.17) is 26.1 Å².